The minimum absolute atomic E-state index is 0.0528. The van der Waals surface area contributed by atoms with E-state index in [9.17, 15) is 10.1 Å². The Morgan fingerprint density at radius 1 is 1.12 bits per heavy atom. The Bertz CT molecular complexity index is 1010. The van der Waals surface area contributed by atoms with Crippen LogP contribution in [0.1, 0.15) is 15.9 Å². The molecule has 0 atom stereocenters. The number of rotatable bonds is 5. The average Bonchev–Trinajstić information content (AvgIpc) is 3.09. The van der Waals surface area contributed by atoms with E-state index in [1.807, 2.05) is 30.3 Å². The average molecular weight is 332 g/mol. The molecule has 0 saturated carbocycles. The monoisotopic (exact) mass is 332 g/mol. The molecule has 3 aromatic rings. The summed E-state index contributed by atoms with van der Waals surface area (Å²) >= 11 is 0. The number of methoxy groups -OCH3 is 2. The molecule has 0 aliphatic heterocycles. The van der Waals surface area contributed by atoms with Gasteiger partial charge in [-0.3, -0.25) is 4.79 Å². The van der Waals surface area contributed by atoms with Crippen LogP contribution in [-0.2, 0) is 0 Å². The third-order valence-electron chi connectivity index (χ3n) is 3.92. The summed E-state index contributed by atoms with van der Waals surface area (Å²) in [5, 5.41) is 10.2. The maximum absolute atomic E-state index is 12.8. The number of benzene rings is 2. The number of nitrogens with one attached hydrogen (secondary N) is 1. The zero-order valence-corrected chi connectivity index (χ0v) is 13.9. The molecule has 0 saturated heterocycles. The Morgan fingerprint density at radius 3 is 2.60 bits per heavy atom. The third-order valence-corrected chi connectivity index (χ3v) is 3.92. The molecule has 0 aliphatic rings. The van der Waals surface area contributed by atoms with Gasteiger partial charge in [-0.1, -0.05) is 24.3 Å². The lowest BCUT2D eigenvalue weighted by Crippen LogP contribution is -2.01. The van der Waals surface area contributed by atoms with Crippen molar-refractivity contribution in [2.75, 3.05) is 14.2 Å². The maximum Gasteiger partial charge on any atom is 0.205 e. The molecule has 0 radical (unpaired) electrons. The van der Waals surface area contributed by atoms with E-state index in [-0.39, 0.29) is 11.4 Å². The first kappa shape index (κ1) is 16.3. The smallest absolute Gasteiger partial charge is 0.205 e. The second-order valence-corrected chi connectivity index (χ2v) is 5.36. The van der Waals surface area contributed by atoms with Gasteiger partial charge in [0.15, 0.2) is 11.5 Å². The van der Waals surface area contributed by atoms with Crippen molar-refractivity contribution in [1.82, 2.24) is 4.98 Å². The predicted molar refractivity (Wildman–Crippen MR) is 95.8 cm³/mol. The number of hydrogen-bond acceptors (Lipinski definition) is 4. The fourth-order valence-corrected chi connectivity index (χ4v) is 2.66. The van der Waals surface area contributed by atoms with E-state index in [0.717, 1.165) is 10.9 Å². The highest BCUT2D eigenvalue weighted by molar-refractivity contribution is 6.19. The first-order chi connectivity index (χ1) is 12.2. The molecule has 1 N–H and O–H groups in total. The summed E-state index contributed by atoms with van der Waals surface area (Å²) in [6.45, 7) is 0. The van der Waals surface area contributed by atoms with Gasteiger partial charge in [-0.25, -0.2) is 0 Å². The molecule has 0 aliphatic carbocycles. The minimum atomic E-state index is -0.324. The van der Waals surface area contributed by atoms with Crippen molar-refractivity contribution in [3.8, 4) is 17.6 Å². The van der Waals surface area contributed by atoms with Crippen molar-refractivity contribution in [3.05, 3.63) is 65.4 Å². The number of allylic oxidation sites excluding steroid dienone is 1. The number of para-hydroxylation sites is 1. The van der Waals surface area contributed by atoms with E-state index in [1.165, 1.54) is 7.11 Å². The fraction of sp³-hybridized carbons (Fsp3) is 0.100. The highest BCUT2D eigenvalue weighted by Gasteiger charge is 2.16. The summed E-state index contributed by atoms with van der Waals surface area (Å²) in [5.74, 6) is 0.795. The molecule has 1 aromatic heterocycles. The van der Waals surface area contributed by atoms with Gasteiger partial charge in [0.25, 0.3) is 0 Å². The number of nitrogens with zero attached hydrogens (tertiary/aromatic N) is 1. The number of ether oxygens (including phenoxy) is 2. The fourth-order valence-electron chi connectivity index (χ4n) is 2.66. The van der Waals surface area contributed by atoms with Gasteiger partial charge in [0.05, 0.1) is 14.2 Å². The van der Waals surface area contributed by atoms with Crippen molar-refractivity contribution in [1.29, 1.82) is 5.26 Å². The number of Topliss-reactive ketones (excluding diaryl/α,β-unsaturated/α-hetero) is 1. The number of nitriles is 1. The number of H-pyrrole nitrogens is 1. The van der Waals surface area contributed by atoms with Crippen LogP contribution in [0.3, 0.4) is 0 Å². The van der Waals surface area contributed by atoms with Gasteiger partial charge in [0, 0.05) is 22.7 Å². The Balaban J connectivity index is 2.01. The van der Waals surface area contributed by atoms with E-state index in [0.29, 0.717) is 22.6 Å². The summed E-state index contributed by atoms with van der Waals surface area (Å²) in [6.07, 6.45) is 3.18. The van der Waals surface area contributed by atoms with Crippen LogP contribution >= 0.6 is 0 Å². The molecule has 0 fully saturated rings. The predicted octanol–water partition coefficient (Wildman–Crippen LogP) is 3.97. The second kappa shape index (κ2) is 6.93. The van der Waals surface area contributed by atoms with E-state index in [1.54, 1.807) is 37.6 Å². The van der Waals surface area contributed by atoms with Crippen molar-refractivity contribution < 1.29 is 14.3 Å². The summed E-state index contributed by atoms with van der Waals surface area (Å²) in [5.41, 5.74) is 2.07. The normalized spacial score (nSPS) is 11.2. The molecule has 0 spiro atoms. The number of aromatic amines is 1. The van der Waals surface area contributed by atoms with Gasteiger partial charge in [-0.2, -0.15) is 5.26 Å². The van der Waals surface area contributed by atoms with Crippen LogP contribution in [-0.4, -0.2) is 25.0 Å². The summed E-state index contributed by atoms with van der Waals surface area (Å²) in [6, 6.07) is 14.7. The number of hydrogen-bond donors (Lipinski definition) is 1. The number of ketones is 1. The molecule has 5 nitrogen and oxygen atoms in total. The molecule has 25 heavy (non-hydrogen) atoms. The molecule has 124 valence electrons. The first-order valence-electron chi connectivity index (χ1n) is 7.62. The van der Waals surface area contributed by atoms with Crippen LogP contribution in [0, 0.1) is 11.3 Å². The Kier molecular flexibility index (Phi) is 4.53. The van der Waals surface area contributed by atoms with Gasteiger partial charge < -0.3 is 14.5 Å². The van der Waals surface area contributed by atoms with Crippen LogP contribution in [0.25, 0.3) is 17.0 Å². The molecular weight excluding hydrogens is 316 g/mol. The van der Waals surface area contributed by atoms with Crippen molar-refractivity contribution in [2.45, 2.75) is 0 Å². The van der Waals surface area contributed by atoms with Crippen LogP contribution in [0.15, 0.2) is 54.2 Å². The Labute approximate surface area is 145 Å². The Hall–Kier alpha value is -3.52. The molecule has 0 unspecified atom stereocenters. The zero-order valence-electron chi connectivity index (χ0n) is 13.9. The standard InChI is InChI=1S/C20H16N2O3/c1-24-18-8-7-13(10-19(18)25-2)9-14(11-21)20(23)16-12-22-17-6-4-3-5-15(16)17/h3-10,12,22H,1-2H3/b14-9+. The molecule has 1 heterocycles. The van der Waals surface area contributed by atoms with E-state index in [2.05, 4.69) is 4.98 Å². The molecule has 0 bridgehead atoms. The van der Waals surface area contributed by atoms with Gasteiger partial charge in [-0.05, 0) is 29.8 Å². The summed E-state index contributed by atoms with van der Waals surface area (Å²) in [4.78, 5) is 15.8. The zero-order chi connectivity index (χ0) is 17.8. The lowest BCUT2D eigenvalue weighted by atomic mass is 10.0. The SMILES string of the molecule is COc1ccc(/C=C(\C#N)C(=O)c2c[nH]c3ccccc23)cc1OC. The molecular formula is C20H16N2O3. The quantitative estimate of drug-likeness (QED) is 0.436. The van der Waals surface area contributed by atoms with Crippen molar-refractivity contribution >= 4 is 22.8 Å². The van der Waals surface area contributed by atoms with Gasteiger partial charge in [-0.15, -0.1) is 0 Å². The van der Waals surface area contributed by atoms with E-state index < -0.39 is 0 Å². The van der Waals surface area contributed by atoms with Crippen LogP contribution in [0.5, 0.6) is 11.5 Å². The van der Waals surface area contributed by atoms with Crippen LogP contribution < -0.4 is 9.47 Å². The van der Waals surface area contributed by atoms with Crippen molar-refractivity contribution in [2.24, 2.45) is 0 Å². The van der Waals surface area contributed by atoms with Crippen LogP contribution in [0.2, 0.25) is 0 Å². The van der Waals surface area contributed by atoms with E-state index in [4.69, 9.17) is 9.47 Å². The topological polar surface area (TPSA) is 75.1 Å². The van der Waals surface area contributed by atoms with E-state index >= 15 is 0 Å². The lowest BCUT2D eigenvalue weighted by Gasteiger charge is -2.08. The highest BCUT2D eigenvalue weighted by Crippen LogP contribution is 2.29. The van der Waals surface area contributed by atoms with Gasteiger partial charge in [0.2, 0.25) is 5.78 Å². The highest BCUT2D eigenvalue weighted by atomic mass is 16.5. The maximum atomic E-state index is 12.8. The third kappa shape index (κ3) is 3.10. The Morgan fingerprint density at radius 2 is 1.88 bits per heavy atom. The number of aromatic nitrogens is 1. The first-order valence-corrected chi connectivity index (χ1v) is 7.62. The lowest BCUT2D eigenvalue weighted by molar-refractivity contribution is 0.104. The second-order valence-electron chi connectivity index (χ2n) is 5.36. The van der Waals surface area contributed by atoms with Gasteiger partial charge >= 0.3 is 0 Å². The molecule has 5 heteroatoms. The van der Waals surface area contributed by atoms with Crippen LogP contribution in [0.4, 0.5) is 0 Å². The summed E-state index contributed by atoms with van der Waals surface area (Å²) in [7, 11) is 3.09. The van der Waals surface area contributed by atoms with Crippen molar-refractivity contribution in [3.63, 3.8) is 0 Å². The molecule has 3 rings (SSSR count). The number of fused-ring (bicyclic) bond motifs is 1. The van der Waals surface area contributed by atoms with Gasteiger partial charge in [0.1, 0.15) is 11.6 Å². The summed E-state index contributed by atoms with van der Waals surface area (Å²) < 4.78 is 10.5. The minimum Gasteiger partial charge on any atom is -0.493 e. The number of carbonyl (C=O) groups excluding carboxylic acids is 1. The molecule has 2 aromatic carbocycles. The number of carbonyl (C=O) groups is 1. The molecule has 0 amide bonds. The largest absolute Gasteiger partial charge is 0.493 e.